The summed E-state index contributed by atoms with van der Waals surface area (Å²) in [6.45, 7) is 2.17. The molecule has 0 radical (unpaired) electrons. The van der Waals surface area contributed by atoms with E-state index in [0.29, 0.717) is 11.1 Å². The van der Waals surface area contributed by atoms with Crippen LogP contribution in [0.4, 0.5) is 11.5 Å². The zero-order valence-corrected chi connectivity index (χ0v) is 13.9. The predicted molar refractivity (Wildman–Crippen MR) is 93.0 cm³/mol. The number of amides is 1. The molecule has 1 aromatic carbocycles. The molecule has 2 aromatic rings. The Balaban J connectivity index is 1.59. The fourth-order valence-electron chi connectivity index (χ4n) is 3.00. The average molecular weight is 333 g/mol. The number of halogens is 1. The van der Waals surface area contributed by atoms with Crippen LogP contribution in [0, 0.1) is 6.92 Å². The van der Waals surface area contributed by atoms with Crippen molar-refractivity contribution in [2.75, 3.05) is 17.2 Å². The quantitative estimate of drug-likeness (QED) is 0.869. The van der Waals surface area contributed by atoms with Crippen molar-refractivity contribution in [1.29, 1.82) is 0 Å². The maximum atomic E-state index is 12.2. The summed E-state index contributed by atoms with van der Waals surface area (Å²) in [6.07, 6.45) is 6.46. The van der Waals surface area contributed by atoms with E-state index in [1.165, 1.54) is 12.8 Å². The van der Waals surface area contributed by atoms with Crippen LogP contribution >= 0.6 is 11.6 Å². The van der Waals surface area contributed by atoms with Gasteiger partial charge in [-0.3, -0.25) is 4.79 Å². The van der Waals surface area contributed by atoms with Crippen LogP contribution in [0.2, 0.25) is 5.02 Å². The van der Waals surface area contributed by atoms with Crippen molar-refractivity contribution in [2.45, 2.75) is 38.6 Å². The van der Waals surface area contributed by atoms with E-state index >= 15 is 0 Å². The summed E-state index contributed by atoms with van der Waals surface area (Å²) >= 11 is 5.99. The molecule has 0 aliphatic heterocycles. The Bertz CT molecular complexity index is 692. The zero-order chi connectivity index (χ0) is 16.2. The van der Waals surface area contributed by atoms with Crippen molar-refractivity contribution in [3.63, 3.8) is 0 Å². The van der Waals surface area contributed by atoms with E-state index < -0.39 is 0 Å². The second kappa shape index (κ2) is 7.04. The van der Waals surface area contributed by atoms with Crippen molar-refractivity contribution in [3.05, 3.63) is 41.0 Å². The normalized spacial score (nSPS) is 14.9. The SMILES string of the molecule is Cc1ccc(Cl)cc1NCC(=O)Nc1ccnn1C1CCCC1. The van der Waals surface area contributed by atoms with Crippen LogP contribution in [0.1, 0.15) is 37.3 Å². The number of hydrogen-bond donors (Lipinski definition) is 2. The molecule has 122 valence electrons. The van der Waals surface area contributed by atoms with Crippen LogP contribution in [0.3, 0.4) is 0 Å². The van der Waals surface area contributed by atoms with Gasteiger partial charge in [0.25, 0.3) is 0 Å². The molecule has 0 bridgehead atoms. The lowest BCUT2D eigenvalue weighted by molar-refractivity contribution is -0.114. The first-order chi connectivity index (χ1) is 11.1. The Hall–Kier alpha value is -2.01. The smallest absolute Gasteiger partial charge is 0.244 e. The molecule has 3 rings (SSSR count). The molecule has 23 heavy (non-hydrogen) atoms. The van der Waals surface area contributed by atoms with Crippen molar-refractivity contribution in [3.8, 4) is 0 Å². The highest BCUT2D eigenvalue weighted by atomic mass is 35.5. The molecule has 1 aliphatic carbocycles. The lowest BCUT2D eigenvalue weighted by atomic mass is 10.2. The van der Waals surface area contributed by atoms with E-state index in [4.69, 9.17) is 11.6 Å². The number of aromatic nitrogens is 2. The van der Waals surface area contributed by atoms with Gasteiger partial charge in [-0.25, -0.2) is 4.68 Å². The van der Waals surface area contributed by atoms with Crippen molar-refractivity contribution < 1.29 is 4.79 Å². The minimum absolute atomic E-state index is 0.0934. The molecule has 5 nitrogen and oxygen atoms in total. The average Bonchev–Trinajstić information content (AvgIpc) is 3.19. The maximum Gasteiger partial charge on any atom is 0.244 e. The number of benzene rings is 1. The third kappa shape index (κ3) is 3.85. The van der Waals surface area contributed by atoms with Crippen molar-refractivity contribution >= 4 is 29.0 Å². The van der Waals surface area contributed by atoms with Crippen LogP contribution in [0.15, 0.2) is 30.5 Å². The molecule has 1 fully saturated rings. The minimum atomic E-state index is -0.0934. The van der Waals surface area contributed by atoms with E-state index in [-0.39, 0.29) is 12.5 Å². The molecule has 1 heterocycles. The van der Waals surface area contributed by atoms with E-state index in [2.05, 4.69) is 15.7 Å². The van der Waals surface area contributed by atoms with E-state index in [0.717, 1.165) is 29.9 Å². The summed E-state index contributed by atoms with van der Waals surface area (Å²) in [5.41, 5.74) is 1.93. The van der Waals surface area contributed by atoms with Gasteiger partial charge in [0.05, 0.1) is 18.8 Å². The van der Waals surface area contributed by atoms with Gasteiger partial charge in [-0.2, -0.15) is 5.10 Å². The molecule has 1 aromatic heterocycles. The molecule has 0 atom stereocenters. The molecule has 1 saturated carbocycles. The number of carbonyl (C=O) groups excluding carboxylic acids is 1. The number of carbonyl (C=O) groups is 1. The number of rotatable bonds is 5. The number of hydrogen-bond acceptors (Lipinski definition) is 3. The highest BCUT2D eigenvalue weighted by Crippen LogP contribution is 2.31. The van der Waals surface area contributed by atoms with Crippen LogP contribution in [-0.4, -0.2) is 22.2 Å². The highest BCUT2D eigenvalue weighted by Gasteiger charge is 2.20. The summed E-state index contributed by atoms with van der Waals surface area (Å²) < 4.78 is 1.94. The molecular formula is C17H21ClN4O. The first-order valence-corrected chi connectivity index (χ1v) is 8.34. The first-order valence-electron chi connectivity index (χ1n) is 7.97. The Morgan fingerprint density at radius 3 is 2.91 bits per heavy atom. The van der Waals surface area contributed by atoms with Gasteiger partial charge in [-0.1, -0.05) is 30.5 Å². The van der Waals surface area contributed by atoms with Gasteiger partial charge in [0.2, 0.25) is 5.91 Å². The largest absolute Gasteiger partial charge is 0.376 e. The molecule has 1 aliphatic rings. The molecule has 0 saturated heterocycles. The lowest BCUT2D eigenvalue weighted by Gasteiger charge is -2.15. The molecular weight excluding hydrogens is 312 g/mol. The topological polar surface area (TPSA) is 59.0 Å². The fourth-order valence-corrected chi connectivity index (χ4v) is 3.17. The number of nitrogens with one attached hydrogen (secondary N) is 2. The Kier molecular flexibility index (Phi) is 4.86. The third-order valence-electron chi connectivity index (χ3n) is 4.25. The van der Waals surface area contributed by atoms with E-state index in [1.54, 1.807) is 6.20 Å². The fraction of sp³-hybridized carbons (Fsp3) is 0.412. The standard InChI is InChI=1S/C17H21ClN4O/c1-12-6-7-13(18)10-15(12)19-11-17(23)21-16-8-9-20-22(16)14-4-2-3-5-14/h6-10,14,19H,2-5,11H2,1H3,(H,21,23). The summed E-state index contributed by atoms with van der Waals surface area (Å²) in [5.74, 6) is 0.677. The Morgan fingerprint density at radius 2 is 2.13 bits per heavy atom. The van der Waals surface area contributed by atoms with Gasteiger partial charge in [0.1, 0.15) is 5.82 Å². The zero-order valence-electron chi connectivity index (χ0n) is 13.2. The number of aryl methyl sites for hydroxylation is 1. The highest BCUT2D eigenvalue weighted by molar-refractivity contribution is 6.30. The van der Waals surface area contributed by atoms with Gasteiger partial charge in [-0.05, 0) is 37.5 Å². The third-order valence-corrected chi connectivity index (χ3v) is 4.48. The van der Waals surface area contributed by atoms with Gasteiger partial charge >= 0.3 is 0 Å². The van der Waals surface area contributed by atoms with Crippen LogP contribution in [-0.2, 0) is 4.79 Å². The minimum Gasteiger partial charge on any atom is -0.376 e. The second-order valence-corrected chi connectivity index (χ2v) is 6.40. The maximum absolute atomic E-state index is 12.2. The summed E-state index contributed by atoms with van der Waals surface area (Å²) in [5, 5.41) is 11.1. The van der Waals surface area contributed by atoms with Gasteiger partial charge in [0.15, 0.2) is 0 Å². The monoisotopic (exact) mass is 332 g/mol. The predicted octanol–water partition coefficient (Wildman–Crippen LogP) is 4.01. The molecule has 1 amide bonds. The molecule has 0 unspecified atom stereocenters. The molecule has 2 N–H and O–H groups in total. The van der Waals surface area contributed by atoms with Gasteiger partial charge < -0.3 is 10.6 Å². The Labute approximate surface area is 141 Å². The van der Waals surface area contributed by atoms with Crippen LogP contribution in [0.25, 0.3) is 0 Å². The van der Waals surface area contributed by atoms with Crippen LogP contribution < -0.4 is 10.6 Å². The first kappa shape index (κ1) is 15.9. The summed E-state index contributed by atoms with van der Waals surface area (Å²) in [4.78, 5) is 12.2. The Morgan fingerprint density at radius 1 is 1.35 bits per heavy atom. The van der Waals surface area contributed by atoms with E-state index in [9.17, 15) is 4.79 Å². The number of nitrogens with zero attached hydrogens (tertiary/aromatic N) is 2. The van der Waals surface area contributed by atoms with Gasteiger partial charge in [0, 0.05) is 16.8 Å². The summed E-state index contributed by atoms with van der Waals surface area (Å²) in [7, 11) is 0. The van der Waals surface area contributed by atoms with Gasteiger partial charge in [-0.15, -0.1) is 0 Å². The lowest BCUT2D eigenvalue weighted by Crippen LogP contribution is -2.24. The van der Waals surface area contributed by atoms with Crippen molar-refractivity contribution in [1.82, 2.24) is 9.78 Å². The molecule has 0 spiro atoms. The second-order valence-electron chi connectivity index (χ2n) is 5.96. The number of anilines is 2. The van der Waals surface area contributed by atoms with Crippen molar-refractivity contribution in [2.24, 2.45) is 0 Å². The van der Waals surface area contributed by atoms with Crippen LogP contribution in [0.5, 0.6) is 0 Å². The van der Waals surface area contributed by atoms with E-state index in [1.807, 2.05) is 35.9 Å². The molecule has 6 heteroatoms. The summed E-state index contributed by atoms with van der Waals surface area (Å²) in [6, 6.07) is 7.84.